The monoisotopic (exact) mass is 221 g/mol. The summed E-state index contributed by atoms with van der Waals surface area (Å²) in [6.45, 7) is 6.27. The quantitative estimate of drug-likeness (QED) is 0.810. The highest BCUT2D eigenvalue weighted by Crippen LogP contribution is 2.11. The molecular formula is C12H19N3O. The van der Waals surface area contributed by atoms with Gasteiger partial charge in [-0.05, 0) is 18.6 Å². The van der Waals surface area contributed by atoms with Gasteiger partial charge in [-0.1, -0.05) is 6.07 Å². The second kappa shape index (κ2) is 5.39. The maximum Gasteiger partial charge on any atom is 0.0824 e. The molecular weight excluding hydrogens is 202 g/mol. The molecule has 4 nitrogen and oxygen atoms in total. The lowest BCUT2D eigenvalue weighted by Crippen LogP contribution is -2.45. The van der Waals surface area contributed by atoms with Crippen LogP contribution < -0.4 is 5.73 Å². The van der Waals surface area contributed by atoms with Crippen LogP contribution in [0.2, 0.25) is 0 Å². The first kappa shape index (κ1) is 11.5. The molecule has 0 aromatic carbocycles. The molecule has 4 heteroatoms. The number of pyridine rings is 1. The summed E-state index contributed by atoms with van der Waals surface area (Å²) in [5, 5.41) is 0. The molecule has 0 aliphatic carbocycles. The van der Waals surface area contributed by atoms with Crippen molar-refractivity contribution in [2.24, 2.45) is 5.73 Å². The minimum absolute atomic E-state index is 0.186. The summed E-state index contributed by atoms with van der Waals surface area (Å²) in [5.74, 6) is 0. The number of aromatic nitrogens is 1. The van der Waals surface area contributed by atoms with Gasteiger partial charge in [-0.25, -0.2) is 0 Å². The van der Waals surface area contributed by atoms with Crippen molar-refractivity contribution < 1.29 is 4.74 Å². The molecule has 0 radical (unpaired) electrons. The fourth-order valence-corrected chi connectivity index (χ4v) is 1.99. The molecule has 1 atom stereocenters. The molecule has 1 aromatic rings. The van der Waals surface area contributed by atoms with Crippen LogP contribution in [0.3, 0.4) is 0 Å². The molecule has 16 heavy (non-hydrogen) atoms. The number of hydrogen-bond acceptors (Lipinski definition) is 4. The molecule has 88 valence electrons. The number of rotatable bonds is 3. The normalized spacial score (nSPS) is 22.2. The number of nitrogens with zero attached hydrogens (tertiary/aromatic N) is 2. The third-order valence-corrected chi connectivity index (χ3v) is 3.00. The average Bonchev–Trinajstić information content (AvgIpc) is 2.32. The largest absolute Gasteiger partial charge is 0.374 e. The molecule has 2 heterocycles. The molecule has 0 saturated carbocycles. The van der Waals surface area contributed by atoms with E-state index in [9.17, 15) is 0 Å². The van der Waals surface area contributed by atoms with Crippen molar-refractivity contribution in [2.75, 3.05) is 26.2 Å². The lowest BCUT2D eigenvalue weighted by atomic mass is 10.1. The molecule has 1 fully saturated rings. The van der Waals surface area contributed by atoms with Gasteiger partial charge in [0.1, 0.15) is 0 Å². The molecule has 0 spiro atoms. The van der Waals surface area contributed by atoms with E-state index in [1.54, 1.807) is 0 Å². The first-order valence-electron chi connectivity index (χ1n) is 5.74. The van der Waals surface area contributed by atoms with E-state index >= 15 is 0 Å². The van der Waals surface area contributed by atoms with Gasteiger partial charge in [-0.15, -0.1) is 0 Å². The van der Waals surface area contributed by atoms with Crippen LogP contribution in [0.25, 0.3) is 0 Å². The van der Waals surface area contributed by atoms with Crippen LogP contribution in [-0.2, 0) is 11.3 Å². The van der Waals surface area contributed by atoms with Gasteiger partial charge in [0, 0.05) is 38.1 Å². The van der Waals surface area contributed by atoms with Crippen LogP contribution in [-0.4, -0.2) is 42.2 Å². The summed E-state index contributed by atoms with van der Waals surface area (Å²) in [7, 11) is 0. The Morgan fingerprint density at radius 3 is 3.25 bits per heavy atom. The third-order valence-electron chi connectivity index (χ3n) is 3.00. The number of morpholine rings is 1. The van der Waals surface area contributed by atoms with Gasteiger partial charge < -0.3 is 10.5 Å². The predicted octanol–water partition coefficient (Wildman–Crippen LogP) is 0.550. The highest BCUT2D eigenvalue weighted by Gasteiger charge is 2.19. The molecule has 1 aliphatic heterocycles. The SMILES string of the molecule is Cc1ncccc1CN1CCOC(CN)C1. The zero-order valence-electron chi connectivity index (χ0n) is 9.72. The highest BCUT2D eigenvalue weighted by molar-refractivity contribution is 5.18. The fourth-order valence-electron chi connectivity index (χ4n) is 1.99. The topological polar surface area (TPSA) is 51.4 Å². The summed E-state index contributed by atoms with van der Waals surface area (Å²) >= 11 is 0. The van der Waals surface area contributed by atoms with E-state index in [1.165, 1.54) is 5.56 Å². The molecule has 0 amide bonds. The zero-order valence-corrected chi connectivity index (χ0v) is 9.72. The Morgan fingerprint density at radius 2 is 2.50 bits per heavy atom. The van der Waals surface area contributed by atoms with Crippen molar-refractivity contribution in [1.82, 2.24) is 9.88 Å². The van der Waals surface area contributed by atoms with Gasteiger partial charge in [0.2, 0.25) is 0 Å². The van der Waals surface area contributed by atoms with Gasteiger partial charge >= 0.3 is 0 Å². The van der Waals surface area contributed by atoms with Crippen LogP contribution >= 0.6 is 0 Å². The van der Waals surface area contributed by atoms with Crippen molar-refractivity contribution in [2.45, 2.75) is 19.6 Å². The standard InChI is InChI=1S/C12H19N3O/c1-10-11(3-2-4-14-10)8-15-5-6-16-12(7-13)9-15/h2-4,12H,5-9,13H2,1H3. The molecule has 1 unspecified atom stereocenters. The van der Waals surface area contributed by atoms with Gasteiger partial charge in [-0.2, -0.15) is 0 Å². The maximum atomic E-state index is 5.62. The van der Waals surface area contributed by atoms with Crippen LogP contribution in [0.4, 0.5) is 0 Å². The van der Waals surface area contributed by atoms with Gasteiger partial charge in [0.05, 0.1) is 12.7 Å². The van der Waals surface area contributed by atoms with E-state index in [2.05, 4.69) is 22.9 Å². The number of aryl methyl sites for hydroxylation is 1. The Bertz CT molecular complexity index is 343. The molecule has 1 aromatic heterocycles. The van der Waals surface area contributed by atoms with E-state index < -0.39 is 0 Å². The van der Waals surface area contributed by atoms with Gasteiger partial charge in [0.25, 0.3) is 0 Å². The number of nitrogens with two attached hydrogens (primary N) is 1. The molecule has 2 rings (SSSR count). The van der Waals surface area contributed by atoms with Crippen LogP contribution in [0.5, 0.6) is 0 Å². The Kier molecular flexibility index (Phi) is 3.88. The third kappa shape index (κ3) is 2.78. The smallest absolute Gasteiger partial charge is 0.0824 e. The number of ether oxygens (including phenoxy) is 1. The lowest BCUT2D eigenvalue weighted by Gasteiger charge is -2.32. The van der Waals surface area contributed by atoms with Crippen molar-refractivity contribution in [3.8, 4) is 0 Å². The lowest BCUT2D eigenvalue weighted by molar-refractivity contribution is -0.0261. The first-order valence-corrected chi connectivity index (χ1v) is 5.74. The summed E-state index contributed by atoms with van der Waals surface area (Å²) in [4.78, 5) is 6.68. The van der Waals surface area contributed by atoms with Crippen LogP contribution in [0.15, 0.2) is 18.3 Å². The van der Waals surface area contributed by atoms with E-state index in [-0.39, 0.29) is 6.10 Å². The minimum atomic E-state index is 0.186. The van der Waals surface area contributed by atoms with Crippen LogP contribution in [0.1, 0.15) is 11.3 Å². The highest BCUT2D eigenvalue weighted by atomic mass is 16.5. The van der Waals surface area contributed by atoms with Crippen molar-refractivity contribution in [3.05, 3.63) is 29.6 Å². The van der Waals surface area contributed by atoms with E-state index in [0.717, 1.165) is 31.9 Å². The van der Waals surface area contributed by atoms with Crippen molar-refractivity contribution in [3.63, 3.8) is 0 Å². The minimum Gasteiger partial charge on any atom is -0.374 e. The summed E-state index contributed by atoms with van der Waals surface area (Å²) < 4.78 is 5.54. The predicted molar refractivity (Wildman–Crippen MR) is 63.0 cm³/mol. The molecule has 1 aliphatic rings. The second-order valence-corrected chi connectivity index (χ2v) is 4.21. The first-order chi connectivity index (χ1) is 7.79. The van der Waals surface area contributed by atoms with Gasteiger partial charge in [-0.3, -0.25) is 9.88 Å². The Labute approximate surface area is 96.4 Å². The van der Waals surface area contributed by atoms with Crippen molar-refractivity contribution >= 4 is 0 Å². The van der Waals surface area contributed by atoms with E-state index in [0.29, 0.717) is 6.54 Å². The summed E-state index contributed by atoms with van der Waals surface area (Å²) in [6, 6.07) is 4.12. The zero-order chi connectivity index (χ0) is 11.4. The van der Waals surface area contributed by atoms with Gasteiger partial charge in [0.15, 0.2) is 0 Å². The molecule has 0 bridgehead atoms. The summed E-state index contributed by atoms with van der Waals surface area (Å²) in [5.41, 5.74) is 8.03. The second-order valence-electron chi connectivity index (χ2n) is 4.21. The summed E-state index contributed by atoms with van der Waals surface area (Å²) in [6.07, 6.45) is 2.02. The van der Waals surface area contributed by atoms with Crippen molar-refractivity contribution in [1.29, 1.82) is 0 Å². The van der Waals surface area contributed by atoms with Crippen LogP contribution in [0, 0.1) is 6.92 Å². The number of hydrogen-bond donors (Lipinski definition) is 1. The Hall–Kier alpha value is -0.970. The van der Waals surface area contributed by atoms with E-state index in [4.69, 9.17) is 10.5 Å². The Balaban J connectivity index is 1.97. The fraction of sp³-hybridized carbons (Fsp3) is 0.583. The maximum absolute atomic E-state index is 5.62. The molecule has 1 saturated heterocycles. The van der Waals surface area contributed by atoms with E-state index in [1.807, 2.05) is 12.3 Å². The average molecular weight is 221 g/mol. The molecule has 2 N–H and O–H groups in total. The Morgan fingerprint density at radius 1 is 1.62 bits per heavy atom.